The Kier molecular flexibility index (Phi) is 3.47. The van der Waals surface area contributed by atoms with E-state index in [-0.39, 0.29) is 5.60 Å². The second-order valence-electron chi connectivity index (χ2n) is 4.73. The summed E-state index contributed by atoms with van der Waals surface area (Å²) >= 11 is 0. The molecule has 94 valence electrons. The molecule has 0 aromatic carbocycles. The van der Waals surface area contributed by atoms with Crippen molar-refractivity contribution in [2.75, 3.05) is 38.0 Å². The lowest BCUT2D eigenvalue weighted by Gasteiger charge is -2.40. The number of nitrogens with zero attached hydrogens (tertiary/aromatic N) is 3. The SMILES string of the molecule is COC1(CNc2ccnc(N(C)C)n2)CCC1. The number of nitrogens with one attached hydrogen (secondary N) is 1. The largest absolute Gasteiger partial charge is 0.376 e. The van der Waals surface area contributed by atoms with Crippen LogP contribution in [0.2, 0.25) is 0 Å². The molecule has 0 atom stereocenters. The van der Waals surface area contributed by atoms with E-state index in [1.54, 1.807) is 13.3 Å². The lowest BCUT2D eigenvalue weighted by Crippen LogP contribution is -2.45. The van der Waals surface area contributed by atoms with E-state index >= 15 is 0 Å². The summed E-state index contributed by atoms with van der Waals surface area (Å²) in [6.07, 6.45) is 5.28. The minimum Gasteiger partial charge on any atom is -0.376 e. The van der Waals surface area contributed by atoms with Crippen molar-refractivity contribution < 1.29 is 4.74 Å². The Hall–Kier alpha value is -1.36. The van der Waals surface area contributed by atoms with Gasteiger partial charge in [-0.05, 0) is 25.3 Å². The fraction of sp³-hybridized carbons (Fsp3) is 0.667. The van der Waals surface area contributed by atoms with E-state index in [9.17, 15) is 0 Å². The molecule has 1 aliphatic rings. The van der Waals surface area contributed by atoms with E-state index in [1.165, 1.54) is 6.42 Å². The standard InChI is InChI=1S/C12H20N4O/c1-16(2)11-13-8-5-10(15-11)14-9-12(17-3)6-4-7-12/h5,8H,4,6-7,9H2,1-3H3,(H,13,14,15). The monoisotopic (exact) mass is 236 g/mol. The average Bonchev–Trinajstić information content (AvgIpc) is 2.28. The van der Waals surface area contributed by atoms with Crippen LogP contribution in [0.3, 0.4) is 0 Å². The Morgan fingerprint density at radius 1 is 1.47 bits per heavy atom. The molecule has 0 radical (unpaired) electrons. The predicted octanol–water partition coefficient (Wildman–Crippen LogP) is 1.52. The van der Waals surface area contributed by atoms with Gasteiger partial charge >= 0.3 is 0 Å². The first-order valence-corrected chi connectivity index (χ1v) is 5.95. The van der Waals surface area contributed by atoms with Gasteiger partial charge in [0.1, 0.15) is 5.82 Å². The molecular weight excluding hydrogens is 216 g/mol. The number of ether oxygens (including phenoxy) is 1. The Labute approximate surface area is 102 Å². The number of hydrogen-bond acceptors (Lipinski definition) is 5. The van der Waals surface area contributed by atoms with Crippen LogP contribution in [0.25, 0.3) is 0 Å². The molecule has 1 saturated carbocycles. The second kappa shape index (κ2) is 4.87. The van der Waals surface area contributed by atoms with E-state index in [2.05, 4.69) is 15.3 Å². The number of aromatic nitrogens is 2. The van der Waals surface area contributed by atoms with E-state index in [0.717, 1.165) is 31.2 Å². The fourth-order valence-corrected chi connectivity index (χ4v) is 1.94. The van der Waals surface area contributed by atoms with Gasteiger partial charge < -0.3 is 15.0 Å². The zero-order valence-electron chi connectivity index (χ0n) is 10.7. The van der Waals surface area contributed by atoms with E-state index in [4.69, 9.17) is 4.74 Å². The molecule has 17 heavy (non-hydrogen) atoms. The van der Waals surface area contributed by atoms with Gasteiger partial charge in [0, 0.05) is 33.9 Å². The molecule has 1 heterocycles. The van der Waals surface area contributed by atoms with Crippen molar-refractivity contribution >= 4 is 11.8 Å². The molecule has 1 fully saturated rings. The number of hydrogen-bond donors (Lipinski definition) is 1. The van der Waals surface area contributed by atoms with Crippen molar-refractivity contribution in [2.24, 2.45) is 0 Å². The zero-order valence-corrected chi connectivity index (χ0v) is 10.7. The van der Waals surface area contributed by atoms with Gasteiger partial charge in [-0.25, -0.2) is 4.98 Å². The summed E-state index contributed by atoms with van der Waals surface area (Å²) in [5.41, 5.74) is 0.0171. The van der Waals surface area contributed by atoms with Crippen LogP contribution in [-0.4, -0.2) is 43.3 Å². The summed E-state index contributed by atoms with van der Waals surface area (Å²) in [7, 11) is 5.65. The van der Waals surface area contributed by atoms with E-state index in [1.807, 2.05) is 25.1 Å². The Morgan fingerprint density at radius 3 is 2.76 bits per heavy atom. The molecule has 1 aromatic rings. The number of rotatable bonds is 5. The smallest absolute Gasteiger partial charge is 0.226 e. The first kappa shape index (κ1) is 12.1. The first-order valence-electron chi connectivity index (χ1n) is 5.95. The van der Waals surface area contributed by atoms with Crippen LogP contribution < -0.4 is 10.2 Å². The molecule has 1 N–H and O–H groups in total. The molecule has 0 bridgehead atoms. The van der Waals surface area contributed by atoms with Crippen LogP contribution in [0.15, 0.2) is 12.3 Å². The van der Waals surface area contributed by atoms with Gasteiger partial charge in [-0.15, -0.1) is 0 Å². The highest BCUT2D eigenvalue weighted by Crippen LogP contribution is 2.34. The maximum atomic E-state index is 5.56. The van der Waals surface area contributed by atoms with Crippen LogP contribution in [0, 0.1) is 0 Å². The fourth-order valence-electron chi connectivity index (χ4n) is 1.94. The molecule has 0 amide bonds. The molecule has 0 unspecified atom stereocenters. The van der Waals surface area contributed by atoms with Gasteiger partial charge in [0.05, 0.1) is 5.60 Å². The van der Waals surface area contributed by atoms with Gasteiger partial charge in [0.15, 0.2) is 0 Å². The molecular formula is C12H20N4O. The summed E-state index contributed by atoms with van der Waals surface area (Å²) in [6, 6.07) is 1.88. The van der Waals surface area contributed by atoms with Crippen molar-refractivity contribution in [1.82, 2.24) is 9.97 Å². The lowest BCUT2D eigenvalue weighted by atomic mass is 9.80. The van der Waals surface area contributed by atoms with Crippen LogP contribution >= 0.6 is 0 Å². The number of anilines is 2. The van der Waals surface area contributed by atoms with E-state index < -0.39 is 0 Å². The van der Waals surface area contributed by atoms with Crippen molar-refractivity contribution in [3.05, 3.63) is 12.3 Å². The van der Waals surface area contributed by atoms with Crippen LogP contribution in [-0.2, 0) is 4.74 Å². The number of methoxy groups -OCH3 is 1. The normalized spacial score (nSPS) is 17.4. The van der Waals surface area contributed by atoms with Gasteiger partial charge in [0.2, 0.25) is 5.95 Å². The van der Waals surface area contributed by atoms with Crippen LogP contribution in [0.1, 0.15) is 19.3 Å². The maximum Gasteiger partial charge on any atom is 0.226 e. The van der Waals surface area contributed by atoms with Crippen molar-refractivity contribution in [3.63, 3.8) is 0 Å². The summed E-state index contributed by atoms with van der Waals surface area (Å²) in [5.74, 6) is 1.57. The molecule has 0 saturated heterocycles. The quantitative estimate of drug-likeness (QED) is 0.840. The zero-order chi connectivity index (χ0) is 12.3. The van der Waals surface area contributed by atoms with E-state index in [0.29, 0.717) is 0 Å². The molecule has 1 aromatic heterocycles. The maximum absolute atomic E-state index is 5.56. The summed E-state index contributed by atoms with van der Waals surface area (Å²) < 4.78 is 5.56. The third kappa shape index (κ3) is 2.66. The summed E-state index contributed by atoms with van der Waals surface area (Å²) in [5, 5.41) is 3.33. The highest BCUT2D eigenvalue weighted by Gasteiger charge is 2.36. The highest BCUT2D eigenvalue weighted by molar-refractivity contribution is 5.40. The van der Waals surface area contributed by atoms with Crippen LogP contribution in [0.4, 0.5) is 11.8 Å². The van der Waals surface area contributed by atoms with Crippen LogP contribution in [0.5, 0.6) is 0 Å². The third-order valence-electron chi connectivity index (χ3n) is 3.33. The summed E-state index contributed by atoms with van der Waals surface area (Å²) in [6.45, 7) is 0.813. The van der Waals surface area contributed by atoms with Gasteiger partial charge in [-0.2, -0.15) is 4.98 Å². The minimum atomic E-state index is 0.0171. The second-order valence-corrected chi connectivity index (χ2v) is 4.73. The molecule has 5 heteroatoms. The van der Waals surface area contributed by atoms with Crippen molar-refractivity contribution in [1.29, 1.82) is 0 Å². The van der Waals surface area contributed by atoms with Crippen molar-refractivity contribution in [2.45, 2.75) is 24.9 Å². The minimum absolute atomic E-state index is 0.0171. The highest BCUT2D eigenvalue weighted by atomic mass is 16.5. The van der Waals surface area contributed by atoms with Crippen molar-refractivity contribution in [3.8, 4) is 0 Å². The molecule has 1 aliphatic carbocycles. The van der Waals surface area contributed by atoms with Gasteiger partial charge in [-0.1, -0.05) is 0 Å². The Morgan fingerprint density at radius 2 is 2.24 bits per heavy atom. The topological polar surface area (TPSA) is 50.3 Å². The van der Waals surface area contributed by atoms with Gasteiger partial charge in [-0.3, -0.25) is 0 Å². The first-order chi connectivity index (χ1) is 8.15. The molecule has 2 rings (SSSR count). The van der Waals surface area contributed by atoms with Gasteiger partial charge in [0.25, 0.3) is 0 Å². The Bertz CT molecular complexity index is 371. The predicted molar refractivity (Wildman–Crippen MR) is 68.4 cm³/mol. The molecule has 0 aliphatic heterocycles. The lowest BCUT2D eigenvalue weighted by molar-refractivity contribution is -0.0601. The molecule has 0 spiro atoms. The average molecular weight is 236 g/mol. The summed E-state index contributed by atoms with van der Waals surface area (Å²) in [4.78, 5) is 10.5. The molecule has 5 nitrogen and oxygen atoms in total. The third-order valence-corrected chi connectivity index (χ3v) is 3.33. The Balaban J connectivity index is 1.96.